The number of benzene rings is 1. The molecule has 1 saturated heterocycles. The Balaban J connectivity index is 1.70. The fraction of sp³-hybridized carbons (Fsp3) is 0.667. The van der Waals surface area contributed by atoms with Gasteiger partial charge in [0.25, 0.3) is 0 Å². The van der Waals surface area contributed by atoms with Crippen LogP contribution < -0.4 is 10.2 Å². The number of carbonyl (C=O) groups is 1. The van der Waals surface area contributed by atoms with E-state index >= 15 is 0 Å². The zero-order valence-corrected chi connectivity index (χ0v) is 18.7. The number of alkyl halides is 3. The van der Waals surface area contributed by atoms with E-state index in [0.717, 1.165) is 37.0 Å². The van der Waals surface area contributed by atoms with Crippen LogP contribution >= 0.6 is 0 Å². The maximum atomic E-state index is 14.0. The van der Waals surface area contributed by atoms with Crippen LogP contribution in [-0.4, -0.2) is 44.0 Å². The quantitative estimate of drug-likeness (QED) is 0.255. The third kappa shape index (κ3) is 5.88. The molecule has 1 aromatic carbocycles. The average Bonchev–Trinajstić information content (AvgIpc) is 2.94. The third-order valence-corrected chi connectivity index (χ3v) is 6.39. The van der Waals surface area contributed by atoms with Crippen molar-refractivity contribution in [2.45, 2.75) is 76.3 Å². The van der Waals surface area contributed by atoms with Crippen LogP contribution in [0.3, 0.4) is 0 Å². The summed E-state index contributed by atoms with van der Waals surface area (Å²) in [5.74, 6) is -0.492. The summed E-state index contributed by atoms with van der Waals surface area (Å²) in [6.07, 6.45) is 1.26. The summed E-state index contributed by atoms with van der Waals surface area (Å²) in [7, 11) is 0. The predicted octanol–water partition coefficient (Wildman–Crippen LogP) is 5.55. The van der Waals surface area contributed by atoms with Crippen LogP contribution in [0, 0.1) is 5.82 Å². The van der Waals surface area contributed by atoms with E-state index in [-0.39, 0.29) is 18.9 Å². The first kappa shape index (κ1) is 24.7. The van der Waals surface area contributed by atoms with Crippen LogP contribution in [0.2, 0.25) is 0 Å². The molecule has 0 unspecified atom stereocenters. The summed E-state index contributed by atoms with van der Waals surface area (Å²) in [4.78, 5) is 19.5. The van der Waals surface area contributed by atoms with Crippen molar-refractivity contribution >= 4 is 17.3 Å². The van der Waals surface area contributed by atoms with Crippen molar-refractivity contribution < 1.29 is 22.4 Å². The topological polar surface area (TPSA) is 44.7 Å². The Morgan fingerprint density at radius 3 is 2.53 bits per heavy atom. The molecule has 178 valence electrons. The van der Waals surface area contributed by atoms with Crippen LogP contribution in [0.5, 0.6) is 0 Å². The minimum Gasteiger partial charge on any atom is -0.314 e. The summed E-state index contributed by atoms with van der Waals surface area (Å²) < 4.78 is 51.5. The summed E-state index contributed by atoms with van der Waals surface area (Å²) >= 11 is 0. The molecule has 1 amide bonds. The number of aliphatic imine (C=N–C) groups is 1. The molecule has 3 rings (SSSR count). The lowest BCUT2D eigenvalue weighted by Gasteiger charge is -2.38. The third-order valence-electron chi connectivity index (χ3n) is 6.39. The summed E-state index contributed by atoms with van der Waals surface area (Å²) in [6.45, 7) is 3.98. The van der Waals surface area contributed by atoms with Gasteiger partial charge in [-0.05, 0) is 43.4 Å². The number of carbonyl (C=O) groups excluding carboxylic acids is 1. The van der Waals surface area contributed by atoms with E-state index in [1.165, 1.54) is 18.6 Å². The molecule has 1 N–H and O–H groups in total. The maximum absolute atomic E-state index is 14.0. The van der Waals surface area contributed by atoms with Crippen molar-refractivity contribution in [2.75, 3.05) is 31.1 Å². The lowest BCUT2D eigenvalue weighted by Crippen LogP contribution is -2.62. The standard InChI is InChI=1S/C24H33F4N3O/c1-2-3-4-5-8-13-30-19(9-6-7-12-24(26,27)28)15-31-21-14-18(25)10-11-20(21)23(22(31)32)16-29-17-23/h10-11,14,29H,2-9,12-13,15-17H2,1H3/b30-19+. The average molecular weight is 456 g/mol. The van der Waals surface area contributed by atoms with Crippen LogP contribution in [-0.2, 0) is 10.2 Å². The van der Waals surface area contributed by atoms with E-state index in [9.17, 15) is 22.4 Å². The molecular weight excluding hydrogens is 422 g/mol. The molecule has 0 bridgehead atoms. The zero-order chi connectivity index (χ0) is 23.2. The molecule has 1 aromatic rings. The van der Waals surface area contributed by atoms with E-state index in [0.29, 0.717) is 38.2 Å². The second kappa shape index (κ2) is 10.8. The Morgan fingerprint density at radius 2 is 1.88 bits per heavy atom. The Hall–Kier alpha value is -1.96. The van der Waals surface area contributed by atoms with E-state index in [1.807, 2.05) is 0 Å². The number of hydrogen-bond donors (Lipinski definition) is 1. The van der Waals surface area contributed by atoms with Gasteiger partial charge >= 0.3 is 6.18 Å². The number of amides is 1. The molecule has 1 spiro atoms. The fourth-order valence-electron chi connectivity index (χ4n) is 4.49. The minimum absolute atomic E-state index is 0.0338. The van der Waals surface area contributed by atoms with Crippen molar-refractivity contribution in [3.63, 3.8) is 0 Å². The van der Waals surface area contributed by atoms with Gasteiger partial charge in [-0.1, -0.05) is 38.7 Å². The van der Waals surface area contributed by atoms with Crippen LogP contribution in [0.4, 0.5) is 23.2 Å². The van der Waals surface area contributed by atoms with Gasteiger partial charge in [0.05, 0.1) is 12.2 Å². The highest BCUT2D eigenvalue weighted by atomic mass is 19.4. The van der Waals surface area contributed by atoms with Gasteiger partial charge in [-0.2, -0.15) is 13.2 Å². The highest BCUT2D eigenvalue weighted by Gasteiger charge is 2.54. The number of fused-ring (bicyclic) bond motifs is 2. The van der Waals surface area contributed by atoms with Gasteiger partial charge in [0, 0.05) is 31.8 Å². The van der Waals surface area contributed by atoms with Gasteiger partial charge in [0.2, 0.25) is 5.91 Å². The Labute approximate surface area is 187 Å². The molecule has 2 aliphatic rings. The zero-order valence-electron chi connectivity index (χ0n) is 18.7. The highest BCUT2D eigenvalue weighted by Crippen LogP contribution is 2.44. The number of nitrogens with one attached hydrogen (secondary N) is 1. The van der Waals surface area contributed by atoms with E-state index < -0.39 is 23.8 Å². The molecule has 1 fully saturated rings. The van der Waals surface area contributed by atoms with E-state index in [4.69, 9.17) is 0 Å². The summed E-state index contributed by atoms with van der Waals surface area (Å²) in [5, 5.41) is 3.14. The van der Waals surface area contributed by atoms with E-state index in [2.05, 4.69) is 17.2 Å². The first-order valence-corrected chi connectivity index (χ1v) is 11.7. The van der Waals surface area contributed by atoms with Gasteiger partial charge in [-0.3, -0.25) is 9.79 Å². The largest absolute Gasteiger partial charge is 0.389 e. The van der Waals surface area contributed by atoms with Crippen LogP contribution in [0.1, 0.15) is 70.3 Å². The second-order valence-corrected chi connectivity index (χ2v) is 8.92. The van der Waals surface area contributed by atoms with Crippen molar-refractivity contribution in [2.24, 2.45) is 4.99 Å². The first-order valence-electron chi connectivity index (χ1n) is 11.7. The lowest BCUT2D eigenvalue weighted by molar-refractivity contribution is -0.135. The highest BCUT2D eigenvalue weighted by molar-refractivity contribution is 6.12. The molecule has 4 nitrogen and oxygen atoms in total. The van der Waals surface area contributed by atoms with E-state index in [1.54, 1.807) is 11.0 Å². The predicted molar refractivity (Wildman–Crippen MR) is 119 cm³/mol. The van der Waals surface area contributed by atoms with Gasteiger partial charge in [-0.15, -0.1) is 0 Å². The molecule has 2 heterocycles. The molecule has 2 aliphatic heterocycles. The van der Waals surface area contributed by atoms with Crippen molar-refractivity contribution in [1.82, 2.24) is 5.32 Å². The molecule has 0 radical (unpaired) electrons. The van der Waals surface area contributed by atoms with Crippen molar-refractivity contribution in [3.8, 4) is 0 Å². The molecular formula is C24H33F4N3O. The normalized spacial score (nSPS) is 17.7. The number of anilines is 1. The maximum Gasteiger partial charge on any atom is 0.389 e. The molecule has 0 aromatic heterocycles. The fourth-order valence-corrected chi connectivity index (χ4v) is 4.49. The smallest absolute Gasteiger partial charge is 0.314 e. The number of rotatable bonds is 12. The summed E-state index contributed by atoms with van der Waals surface area (Å²) in [5.41, 5.74) is 1.43. The number of halogens is 4. The second-order valence-electron chi connectivity index (χ2n) is 8.92. The molecule has 32 heavy (non-hydrogen) atoms. The van der Waals surface area contributed by atoms with Gasteiger partial charge < -0.3 is 10.2 Å². The summed E-state index contributed by atoms with van der Waals surface area (Å²) in [6, 6.07) is 4.43. The lowest BCUT2D eigenvalue weighted by atomic mass is 9.76. The minimum atomic E-state index is -4.17. The van der Waals surface area contributed by atoms with Gasteiger partial charge in [-0.25, -0.2) is 4.39 Å². The van der Waals surface area contributed by atoms with Crippen LogP contribution in [0.15, 0.2) is 23.2 Å². The van der Waals surface area contributed by atoms with Crippen LogP contribution in [0.25, 0.3) is 0 Å². The molecule has 0 saturated carbocycles. The Kier molecular flexibility index (Phi) is 8.31. The SMILES string of the molecule is CCCCCCC/N=C(\CCCCC(F)(F)F)CN1C(=O)C2(CNC2)c2ccc(F)cc21. The van der Waals surface area contributed by atoms with Crippen molar-refractivity contribution in [3.05, 3.63) is 29.6 Å². The molecule has 8 heteroatoms. The molecule has 0 aliphatic carbocycles. The number of unbranched alkanes of at least 4 members (excludes halogenated alkanes) is 5. The molecule has 0 atom stereocenters. The van der Waals surface area contributed by atoms with Crippen molar-refractivity contribution in [1.29, 1.82) is 0 Å². The monoisotopic (exact) mass is 455 g/mol. The Bertz CT molecular complexity index is 818. The van der Waals surface area contributed by atoms with Gasteiger partial charge in [0.1, 0.15) is 11.2 Å². The number of nitrogens with zero attached hydrogens (tertiary/aromatic N) is 2. The number of hydrogen-bond acceptors (Lipinski definition) is 3. The van der Waals surface area contributed by atoms with Gasteiger partial charge in [0.15, 0.2) is 0 Å². The first-order chi connectivity index (χ1) is 15.3. The Morgan fingerprint density at radius 1 is 1.12 bits per heavy atom.